The summed E-state index contributed by atoms with van der Waals surface area (Å²) >= 11 is 0. The van der Waals surface area contributed by atoms with Crippen LogP contribution in [0.15, 0.2) is 47.2 Å². The van der Waals surface area contributed by atoms with Gasteiger partial charge in [-0.2, -0.15) is 0 Å². The second-order valence-corrected chi connectivity index (χ2v) is 5.82. The van der Waals surface area contributed by atoms with Crippen LogP contribution in [0.1, 0.15) is 16.4 Å². The molecule has 3 heterocycles. The molecule has 1 saturated heterocycles. The molecule has 0 saturated carbocycles. The van der Waals surface area contributed by atoms with E-state index in [4.69, 9.17) is 9.15 Å². The molecule has 26 heavy (non-hydrogen) atoms. The highest BCUT2D eigenvalue weighted by Crippen LogP contribution is 2.23. The van der Waals surface area contributed by atoms with Gasteiger partial charge in [0, 0.05) is 24.7 Å². The topological polar surface area (TPSA) is 97.6 Å². The van der Waals surface area contributed by atoms with Crippen molar-refractivity contribution in [3.05, 3.63) is 54.4 Å². The summed E-state index contributed by atoms with van der Waals surface area (Å²) in [6.45, 7) is 0.986. The number of aromatic nitrogens is 2. The molecule has 1 N–H and O–H groups in total. The number of para-hydroxylation sites is 1. The van der Waals surface area contributed by atoms with Gasteiger partial charge in [-0.3, -0.25) is 14.6 Å². The first-order valence-corrected chi connectivity index (χ1v) is 8.17. The van der Waals surface area contributed by atoms with Gasteiger partial charge >= 0.3 is 0 Å². The van der Waals surface area contributed by atoms with Gasteiger partial charge in [0.15, 0.2) is 12.3 Å². The van der Waals surface area contributed by atoms with Crippen molar-refractivity contribution in [3.8, 4) is 5.75 Å². The first-order chi connectivity index (χ1) is 12.7. The molecule has 1 aliphatic rings. The van der Waals surface area contributed by atoms with Crippen LogP contribution in [0.3, 0.4) is 0 Å². The lowest BCUT2D eigenvalue weighted by Gasteiger charge is -2.25. The van der Waals surface area contributed by atoms with Gasteiger partial charge in [-0.15, -0.1) is 0 Å². The van der Waals surface area contributed by atoms with Gasteiger partial charge in [0.2, 0.25) is 11.8 Å². The minimum Gasteiger partial charge on any atom is -0.482 e. The number of benzene rings is 1. The number of fused-ring (bicyclic) bond motifs is 1. The predicted octanol–water partition coefficient (Wildman–Crippen LogP) is 1.37. The standard InChI is InChI=1S/C18H16N4O4/c23-15-9-22(8-7-19-15)18(24)13-10-26-16(21-13)11-25-14-5-1-3-12-4-2-6-20-17(12)14/h1-6,10H,7-9,11H2,(H,19,23). The van der Waals surface area contributed by atoms with E-state index in [1.165, 1.54) is 11.2 Å². The highest BCUT2D eigenvalue weighted by atomic mass is 16.5. The molecule has 0 aliphatic carbocycles. The van der Waals surface area contributed by atoms with E-state index >= 15 is 0 Å². The Labute approximate surface area is 148 Å². The Morgan fingerprint density at radius 2 is 2.19 bits per heavy atom. The number of piperazine rings is 1. The van der Waals surface area contributed by atoms with E-state index in [2.05, 4.69) is 15.3 Å². The third-order valence-electron chi connectivity index (χ3n) is 4.04. The highest BCUT2D eigenvalue weighted by molar-refractivity contribution is 5.95. The van der Waals surface area contributed by atoms with Crippen molar-refractivity contribution >= 4 is 22.7 Å². The van der Waals surface area contributed by atoms with Crippen molar-refractivity contribution in [2.45, 2.75) is 6.61 Å². The number of carbonyl (C=O) groups excluding carboxylic acids is 2. The average molecular weight is 352 g/mol. The Kier molecular flexibility index (Phi) is 4.22. The maximum Gasteiger partial charge on any atom is 0.276 e. The van der Waals surface area contributed by atoms with Crippen LogP contribution < -0.4 is 10.1 Å². The summed E-state index contributed by atoms with van der Waals surface area (Å²) in [5, 5.41) is 3.64. The van der Waals surface area contributed by atoms with Gasteiger partial charge in [-0.05, 0) is 12.1 Å². The molecule has 3 aromatic rings. The smallest absolute Gasteiger partial charge is 0.276 e. The molecule has 1 fully saturated rings. The lowest BCUT2D eigenvalue weighted by atomic mass is 10.2. The van der Waals surface area contributed by atoms with E-state index in [0.29, 0.717) is 18.8 Å². The lowest BCUT2D eigenvalue weighted by Crippen LogP contribution is -2.50. The van der Waals surface area contributed by atoms with Crippen molar-refractivity contribution in [2.24, 2.45) is 0 Å². The third kappa shape index (κ3) is 3.21. The molecule has 0 bridgehead atoms. The Morgan fingerprint density at radius 1 is 1.31 bits per heavy atom. The summed E-state index contributed by atoms with van der Waals surface area (Å²) < 4.78 is 11.1. The highest BCUT2D eigenvalue weighted by Gasteiger charge is 2.24. The van der Waals surface area contributed by atoms with Crippen LogP contribution in [0.4, 0.5) is 0 Å². The van der Waals surface area contributed by atoms with Crippen LogP contribution in [0.25, 0.3) is 10.9 Å². The molecule has 132 valence electrons. The minimum atomic E-state index is -0.332. The molecule has 4 rings (SSSR count). The molecule has 8 heteroatoms. The number of carbonyl (C=O) groups is 2. The molecular weight excluding hydrogens is 336 g/mol. The molecule has 1 aliphatic heterocycles. The van der Waals surface area contributed by atoms with Crippen LogP contribution in [0.2, 0.25) is 0 Å². The molecule has 1 aromatic carbocycles. The number of nitrogens with zero attached hydrogens (tertiary/aromatic N) is 3. The van der Waals surface area contributed by atoms with Crippen LogP contribution in [0.5, 0.6) is 5.75 Å². The van der Waals surface area contributed by atoms with E-state index in [0.717, 1.165) is 10.9 Å². The SMILES string of the molecule is O=C1CN(C(=O)c2coc(COc3cccc4cccnc34)n2)CCN1. The summed E-state index contributed by atoms with van der Waals surface area (Å²) in [6.07, 6.45) is 2.99. The number of hydrogen-bond donors (Lipinski definition) is 1. The normalized spacial score (nSPS) is 14.3. The monoisotopic (exact) mass is 352 g/mol. The number of amides is 2. The van der Waals surface area contributed by atoms with Crippen molar-refractivity contribution in [1.82, 2.24) is 20.2 Å². The quantitative estimate of drug-likeness (QED) is 0.762. The Morgan fingerprint density at radius 3 is 3.08 bits per heavy atom. The second-order valence-electron chi connectivity index (χ2n) is 5.82. The maximum absolute atomic E-state index is 12.4. The number of rotatable bonds is 4. The van der Waals surface area contributed by atoms with E-state index < -0.39 is 0 Å². The summed E-state index contributed by atoms with van der Waals surface area (Å²) in [6, 6.07) is 9.46. The number of hydrogen-bond acceptors (Lipinski definition) is 6. The zero-order valence-electron chi connectivity index (χ0n) is 13.8. The summed E-state index contributed by atoms with van der Waals surface area (Å²) in [4.78, 5) is 33.7. The van der Waals surface area contributed by atoms with Gasteiger partial charge < -0.3 is 19.4 Å². The van der Waals surface area contributed by atoms with Crippen LogP contribution >= 0.6 is 0 Å². The van der Waals surface area contributed by atoms with E-state index in [-0.39, 0.29) is 36.6 Å². The van der Waals surface area contributed by atoms with Crippen molar-refractivity contribution in [3.63, 3.8) is 0 Å². The van der Waals surface area contributed by atoms with E-state index in [1.807, 2.05) is 30.3 Å². The van der Waals surface area contributed by atoms with Gasteiger partial charge in [-0.25, -0.2) is 4.98 Å². The number of pyridine rings is 1. The van der Waals surface area contributed by atoms with Crippen LogP contribution in [-0.4, -0.2) is 46.3 Å². The molecular formula is C18H16N4O4. The second kappa shape index (κ2) is 6.83. The molecule has 2 amide bonds. The fourth-order valence-electron chi connectivity index (χ4n) is 2.78. The Balaban J connectivity index is 1.45. The van der Waals surface area contributed by atoms with E-state index in [1.54, 1.807) is 6.20 Å². The van der Waals surface area contributed by atoms with Crippen LogP contribution in [0, 0.1) is 0 Å². The van der Waals surface area contributed by atoms with Crippen molar-refractivity contribution in [2.75, 3.05) is 19.6 Å². The van der Waals surface area contributed by atoms with Gasteiger partial charge in [0.1, 0.15) is 17.5 Å². The van der Waals surface area contributed by atoms with Gasteiger partial charge in [0.25, 0.3) is 5.91 Å². The summed E-state index contributed by atoms with van der Waals surface area (Å²) in [5.74, 6) is 0.381. The summed E-state index contributed by atoms with van der Waals surface area (Å²) in [7, 11) is 0. The van der Waals surface area contributed by atoms with Gasteiger partial charge in [0.05, 0.1) is 6.54 Å². The van der Waals surface area contributed by atoms with E-state index in [9.17, 15) is 9.59 Å². The molecule has 2 aromatic heterocycles. The molecule has 0 radical (unpaired) electrons. The zero-order valence-corrected chi connectivity index (χ0v) is 13.8. The zero-order chi connectivity index (χ0) is 17.9. The molecule has 0 spiro atoms. The lowest BCUT2D eigenvalue weighted by molar-refractivity contribution is -0.123. The molecule has 0 unspecified atom stereocenters. The van der Waals surface area contributed by atoms with Crippen molar-refractivity contribution < 1.29 is 18.7 Å². The Hall–Kier alpha value is -3.42. The third-order valence-corrected chi connectivity index (χ3v) is 4.04. The minimum absolute atomic E-state index is 0.0270. The first-order valence-electron chi connectivity index (χ1n) is 8.17. The number of oxazole rings is 1. The fourth-order valence-corrected chi connectivity index (χ4v) is 2.78. The Bertz CT molecular complexity index is 963. The predicted molar refractivity (Wildman–Crippen MR) is 91.5 cm³/mol. The average Bonchev–Trinajstić information content (AvgIpc) is 3.15. The van der Waals surface area contributed by atoms with Crippen molar-refractivity contribution in [1.29, 1.82) is 0 Å². The van der Waals surface area contributed by atoms with Crippen LogP contribution in [-0.2, 0) is 11.4 Å². The maximum atomic E-state index is 12.4. The number of nitrogens with one attached hydrogen (secondary N) is 1. The molecule has 8 nitrogen and oxygen atoms in total. The summed E-state index contributed by atoms with van der Waals surface area (Å²) in [5.41, 5.74) is 0.909. The number of ether oxygens (including phenoxy) is 1. The fraction of sp³-hybridized carbons (Fsp3) is 0.222. The van der Waals surface area contributed by atoms with Gasteiger partial charge in [-0.1, -0.05) is 18.2 Å². The first kappa shape index (κ1) is 16.1. The largest absolute Gasteiger partial charge is 0.482 e. The molecule has 0 atom stereocenters.